The summed E-state index contributed by atoms with van der Waals surface area (Å²) in [6, 6.07) is 20.1. The molecule has 0 saturated carbocycles. The molecule has 24 heavy (non-hydrogen) atoms. The minimum atomic E-state index is -0.446. The van der Waals surface area contributed by atoms with Crippen LogP contribution in [0.5, 0.6) is 0 Å². The van der Waals surface area contributed by atoms with Crippen LogP contribution in [0.25, 0.3) is 0 Å². The van der Waals surface area contributed by atoms with Crippen molar-refractivity contribution in [3.63, 3.8) is 0 Å². The molecule has 0 spiro atoms. The minimum Gasteiger partial charge on any atom is -0.391 e. The fourth-order valence-corrected chi connectivity index (χ4v) is 2.27. The van der Waals surface area contributed by atoms with Crippen LogP contribution in [-0.2, 0) is 13.0 Å². The van der Waals surface area contributed by atoms with Gasteiger partial charge in [0.1, 0.15) is 0 Å². The molecule has 4 nitrogen and oxygen atoms in total. The highest BCUT2D eigenvalue weighted by Gasteiger charge is 2.06. The van der Waals surface area contributed by atoms with Gasteiger partial charge in [-0.05, 0) is 18.1 Å². The van der Waals surface area contributed by atoms with Crippen molar-refractivity contribution in [2.75, 3.05) is 13.1 Å². The number of guanidine groups is 1. The largest absolute Gasteiger partial charge is 0.391 e. The van der Waals surface area contributed by atoms with E-state index in [2.05, 4.69) is 27.8 Å². The van der Waals surface area contributed by atoms with E-state index in [4.69, 9.17) is 0 Å². The topological polar surface area (TPSA) is 56.7 Å². The van der Waals surface area contributed by atoms with Gasteiger partial charge in [-0.3, -0.25) is 0 Å². The van der Waals surface area contributed by atoms with E-state index >= 15 is 0 Å². The van der Waals surface area contributed by atoms with Crippen molar-refractivity contribution in [3.05, 3.63) is 71.8 Å². The van der Waals surface area contributed by atoms with Crippen LogP contribution in [0.4, 0.5) is 0 Å². The number of halogens is 1. The van der Waals surface area contributed by atoms with Crippen LogP contribution in [0.1, 0.15) is 18.1 Å². The summed E-state index contributed by atoms with van der Waals surface area (Å²) in [4.78, 5) is 4.55. The zero-order chi connectivity index (χ0) is 16.3. The van der Waals surface area contributed by atoms with Gasteiger partial charge in [-0.25, -0.2) is 4.99 Å². The number of hydrogen-bond donors (Lipinski definition) is 3. The molecule has 0 aromatic heterocycles. The maximum absolute atomic E-state index is 10.2. The zero-order valence-electron chi connectivity index (χ0n) is 14.0. The predicted octanol–water partition coefficient (Wildman–Crippen LogP) is 2.96. The first-order valence-electron chi connectivity index (χ1n) is 8.06. The third kappa shape index (κ3) is 7.79. The lowest BCUT2D eigenvalue weighted by Crippen LogP contribution is -2.41. The Labute approximate surface area is 161 Å². The normalized spacial score (nSPS) is 12.2. The lowest BCUT2D eigenvalue weighted by Gasteiger charge is -2.15. The van der Waals surface area contributed by atoms with Gasteiger partial charge < -0.3 is 15.7 Å². The zero-order valence-corrected chi connectivity index (χ0v) is 16.3. The van der Waals surface area contributed by atoms with Crippen LogP contribution in [0.15, 0.2) is 65.7 Å². The van der Waals surface area contributed by atoms with E-state index in [1.165, 1.54) is 0 Å². The van der Waals surface area contributed by atoms with Gasteiger partial charge in [0, 0.05) is 19.5 Å². The molecule has 5 heteroatoms. The van der Waals surface area contributed by atoms with Crippen molar-refractivity contribution < 1.29 is 5.11 Å². The van der Waals surface area contributed by atoms with Crippen LogP contribution >= 0.6 is 24.0 Å². The number of nitrogens with zero attached hydrogens (tertiary/aromatic N) is 1. The highest BCUT2D eigenvalue weighted by molar-refractivity contribution is 14.0. The summed E-state index contributed by atoms with van der Waals surface area (Å²) < 4.78 is 0. The van der Waals surface area contributed by atoms with E-state index in [0.717, 1.165) is 23.6 Å². The van der Waals surface area contributed by atoms with Crippen molar-refractivity contribution in [1.29, 1.82) is 0 Å². The van der Waals surface area contributed by atoms with Crippen molar-refractivity contribution in [1.82, 2.24) is 10.6 Å². The van der Waals surface area contributed by atoms with Gasteiger partial charge in [0.2, 0.25) is 0 Å². The first-order chi connectivity index (χ1) is 11.3. The number of hydrogen-bond acceptors (Lipinski definition) is 2. The van der Waals surface area contributed by atoms with Crippen LogP contribution in [0.3, 0.4) is 0 Å². The van der Waals surface area contributed by atoms with E-state index in [0.29, 0.717) is 19.5 Å². The first-order valence-corrected chi connectivity index (χ1v) is 8.06. The molecule has 0 amide bonds. The maximum Gasteiger partial charge on any atom is 0.191 e. The van der Waals surface area contributed by atoms with Crippen LogP contribution in [0.2, 0.25) is 0 Å². The Hall–Kier alpha value is -1.60. The molecular formula is C19H26IN3O. The van der Waals surface area contributed by atoms with Crippen molar-refractivity contribution in [3.8, 4) is 0 Å². The molecule has 0 aliphatic rings. The first kappa shape index (κ1) is 20.4. The fraction of sp³-hybridized carbons (Fsp3) is 0.316. The molecular weight excluding hydrogens is 413 g/mol. The minimum absolute atomic E-state index is 0. The Balaban J connectivity index is 0.00000288. The fourth-order valence-electron chi connectivity index (χ4n) is 2.27. The molecule has 3 N–H and O–H groups in total. The Bertz CT molecular complexity index is 590. The van der Waals surface area contributed by atoms with Gasteiger partial charge in [0.15, 0.2) is 5.96 Å². The standard InChI is InChI=1S/C19H25N3O.HI/c1-2-20-19(21-14-17-11-7-4-8-12-17)22-15-18(23)13-16-9-5-3-6-10-16;/h3-12,18,23H,2,13-15H2,1H3,(H2,20,21,22);1H. The SMILES string of the molecule is CCNC(=NCc1ccccc1)NCC(O)Cc1ccccc1.I. The molecule has 2 rings (SSSR count). The highest BCUT2D eigenvalue weighted by atomic mass is 127. The van der Waals surface area contributed by atoms with E-state index in [-0.39, 0.29) is 24.0 Å². The summed E-state index contributed by atoms with van der Waals surface area (Å²) in [5.41, 5.74) is 2.29. The number of aliphatic hydroxyl groups is 1. The average molecular weight is 439 g/mol. The quantitative estimate of drug-likeness (QED) is 0.353. The lowest BCUT2D eigenvalue weighted by atomic mass is 10.1. The molecule has 0 bridgehead atoms. The van der Waals surface area contributed by atoms with Gasteiger partial charge in [-0.15, -0.1) is 24.0 Å². The molecule has 2 aromatic rings. The number of benzene rings is 2. The van der Waals surface area contributed by atoms with Gasteiger partial charge in [-0.2, -0.15) is 0 Å². The van der Waals surface area contributed by atoms with Crippen molar-refractivity contribution >= 4 is 29.9 Å². The smallest absolute Gasteiger partial charge is 0.191 e. The van der Waals surface area contributed by atoms with E-state index in [9.17, 15) is 5.11 Å². The van der Waals surface area contributed by atoms with Gasteiger partial charge in [0.25, 0.3) is 0 Å². The Morgan fingerprint density at radius 2 is 1.54 bits per heavy atom. The van der Waals surface area contributed by atoms with Crippen LogP contribution in [-0.4, -0.2) is 30.3 Å². The molecule has 1 unspecified atom stereocenters. The molecule has 0 radical (unpaired) electrons. The van der Waals surface area contributed by atoms with Gasteiger partial charge in [0.05, 0.1) is 12.6 Å². The second-order valence-corrected chi connectivity index (χ2v) is 5.41. The highest BCUT2D eigenvalue weighted by Crippen LogP contribution is 2.03. The summed E-state index contributed by atoms with van der Waals surface area (Å²) in [6.07, 6.45) is 0.185. The van der Waals surface area contributed by atoms with Crippen LogP contribution < -0.4 is 10.6 Å². The average Bonchev–Trinajstić information content (AvgIpc) is 2.59. The summed E-state index contributed by atoms with van der Waals surface area (Å²) in [5.74, 6) is 0.725. The molecule has 0 saturated heterocycles. The second-order valence-electron chi connectivity index (χ2n) is 5.41. The van der Waals surface area contributed by atoms with Gasteiger partial charge >= 0.3 is 0 Å². The molecule has 0 heterocycles. The van der Waals surface area contributed by atoms with Crippen molar-refractivity contribution in [2.24, 2.45) is 4.99 Å². The van der Waals surface area contributed by atoms with E-state index in [1.54, 1.807) is 0 Å². The Morgan fingerprint density at radius 3 is 2.12 bits per heavy atom. The van der Waals surface area contributed by atoms with Crippen molar-refractivity contribution in [2.45, 2.75) is 26.0 Å². The molecule has 0 aliphatic carbocycles. The molecule has 0 aliphatic heterocycles. The molecule has 0 fully saturated rings. The number of nitrogens with one attached hydrogen (secondary N) is 2. The summed E-state index contributed by atoms with van der Waals surface area (Å²) >= 11 is 0. The maximum atomic E-state index is 10.2. The summed E-state index contributed by atoms with van der Waals surface area (Å²) in [7, 11) is 0. The third-order valence-electron chi connectivity index (χ3n) is 3.43. The molecule has 2 aromatic carbocycles. The predicted molar refractivity (Wildman–Crippen MR) is 111 cm³/mol. The Morgan fingerprint density at radius 1 is 0.958 bits per heavy atom. The second kappa shape index (κ2) is 11.9. The van der Waals surface area contributed by atoms with E-state index in [1.807, 2.05) is 55.5 Å². The number of aliphatic hydroxyl groups excluding tert-OH is 1. The molecule has 1 atom stereocenters. The molecule has 130 valence electrons. The lowest BCUT2D eigenvalue weighted by molar-refractivity contribution is 0.177. The van der Waals surface area contributed by atoms with E-state index < -0.39 is 6.10 Å². The van der Waals surface area contributed by atoms with Gasteiger partial charge in [-0.1, -0.05) is 60.7 Å². The summed E-state index contributed by atoms with van der Waals surface area (Å²) in [6.45, 7) is 3.90. The summed E-state index contributed by atoms with van der Waals surface area (Å²) in [5, 5.41) is 16.6. The number of aliphatic imine (C=N–C) groups is 1. The third-order valence-corrected chi connectivity index (χ3v) is 3.43. The number of rotatable bonds is 7. The monoisotopic (exact) mass is 439 g/mol. The Kier molecular flexibility index (Phi) is 10.1. The van der Waals surface area contributed by atoms with Crippen LogP contribution in [0, 0.1) is 0 Å².